The van der Waals surface area contributed by atoms with Crippen molar-refractivity contribution in [1.29, 1.82) is 0 Å². The summed E-state index contributed by atoms with van der Waals surface area (Å²) in [4.78, 5) is 15.6. The Labute approximate surface area is 105 Å². The minimum atomic E-state index is -0.0526. The number of aryl methyl sites for hydroxylation is 1. The predicted octanol–water partition coefficient (Wildman–Crippen LogP) is 2.25. The maximum absolute atomic E-state index is 11.7. The zero-order valence-electron chi connectivity index (χ0n) is 10.1. The average molecular weight is 246 g/mol. The number of hydrogen-bond acceptors (Lipinski definition) is 4. The number of oxazole rings is 1. The van der Waals surface area contributed by atoms with Crippen molar-refractivity contribution in [2.24, 2.45) is 0 Å². The molecule has 0 saturated carbocycles. The van der Waals surface area contributed by atoms with Gasteiger partial charge >= 0.3 is 0 Å². The highest BCUT2D eigenvalue weighted by Gasteiger charge is 2.04. The number of nitrogens with zero attached hydrogens (tertiary/aromatic N) is 1. The lowest BCUT2D eigenvalue weighted by Gasteiger charge is -2.05. The monoisotopic (exact) mass is 246 g/mol. The van der Waals surface area contributed by atoms with E-state index in [1.54, 1.807) is 37.6 Å². The molecule has 0 atom stereocenters. The standard InChI is InChI=1S/C13H14N2O3/c1-17-12-5-2-10(3-6-12)15-13(16)7-4-11-8-18-9-14-11/h2-3,5-6,8-9H,4,7H2,1H3,(H,15,16). The number of rotatable bonds is 5. The Balaban J connectivity index is 1.83. The van der Waals surface area contributed by atoms with Crippen LogP contribution in [0.3, 0.4) is 0 Å². The Morgan fingerprint density at radius 3 is 2.78 bits per heavy atom. The third-order valence-electron chi connectivity index (χ3n) is 2.47. The topological polar surface area (TPSA) is 64.4 Å². The zero-order chi connectivity index (χ0) is 12.8. The van der Waals surface area contributed by atoms with Crippen molar-refractivity contribution in [2.75, 3.05) is 12.4 Å². The summed E-state index contributed by atoms with van der Waals surface area (Å²) in [5, 5.41) is 2.80. The van der Waals surface area contributed by atoms with Crippen LogP contribution >= 0.6 is 0 Å². The first-order chi connectivity index (χ1) is 8.78. The Kier molecular flexibility index (Phi) is 3.96. The molecule has 2 rings (SSSR count). The van der Waals surface area contributed by atoms with Gasteiger partial charge in [-0.05, 0) is 24.3 Å². The second kappa shape index (κ2) is 5.86. The van der Waals surface area contributed by atoms with Crippen LogP contribution in [-0.4, -0.2) is 18.0 Å². The van der Waals surface area contributed by atoms with Gasteiger partial charge in [-0.25, -0.2) is 4.98 Å². The summed E-state index contributed by atoms with van der Waals surface area (Å²) in [6.07, 6.45) is 3.84. The summed E-state index contributed by atoms with van der Waals surface area (Å²) in [5.41, 5.74) is 1.53. The average Bonchev–Trinajstić information content (AvgIpc) is 2.90. The molecule has 0 aliphatic heterocycles. The number of amides is 1. The van der Waals surface area contributed by atoms with Crippen molar-refractivity contribution in [3.05, 3.63) is 42.6 Å². The first kappa shape index (κ1) is 12.2. The summed E-state index contributed by atoms with van der Waals surface area (Å²) >= 11 is 0. The van der Waals surface area contributed by atoms with Crippen LogP contribution in [0.15, 0.2) is 41.3 Å². The van der Waals surface area contributed by atoms with E-state index < -0.39 is 0 Å². The molecule has 0 aliphatic carbocycles. The normalized spacial score (nSPS) is 10.1. The highest BCUT2D eigenvalue weighted by molar-refractivity contribution is 5.90. The first-order valence-electron chi connectivity index (χ1n) is 5.59. The van der Waals surface area contributed by atoms with Crippen molar-refractivity contribution >= 4 is 11.6 Å². The molecule has 1 aromatic carbocycles. The third-order valence-corrected chi connectivity index (χ3v) is 2.47. The van der Waals surface area contributed by atoms with Crippen LogP contribution in [0.1, 0.15) is 12.1 Å². The number of benzene rings is 1. The summed E-state index contributed by atoms with van der Waals surface area (Å²) in [5.74, 6) is 0.707. The first-order valence-corrected chi connectivity index (χ1v) is 5.59. The molecular formula is C13H14N2O3. The van der Waals surface area contributed by atoms with E-state index in [1.807, 2.05) is 0 Å². The Hall–Kier alpha value is -2.30. The molecule has 0 fully saturated rings. The number of nitrogens with one attached hydrogen (secondary N) is 1. The summed E-state index contributed by atoms with van der Waals surface area (Å²) < 4.78 is 9.87. The lowest BCUT2D eigenvalue weighted by molar-refractivity contribution is -0.116. The molecule has 1 aromatic heterocycles. The molecule has 0 saturated heterocycles. The van der Waals surface area contributed by atoms with Crippen LogP contribution in [0.5, 0.6) is 5.75 Å². The number of aromatic nitrogens is 1. The molecule has 2 aromatic rings. The number of carbonyl (C=O) groups is 1. The zero-order valence-corrected chi connectivity index (χ0v) is 10.1. The molecule has 0 spiro atoms. The van der Waals surface area contributed by atoms with Gasteiger partial charge in [0, 0.05) is 18.5 Å². The van der Waals surface area contributed by atoms with Gasteiger partial charge in [0.25, 0.3) is 0 Å². The minimum Gasteiger partial charge on any atom is -0.497 e. The Morgan fingerprint density at radius 2 is 2.17 bits per heavy atom. The van der Waals surface area contributed by atoms with Crippen molar-refractivity contribution in [3.8, 4) is 5.75 Å². The Bertz CT molecular complexity index is 491. The van der Waals surface area contributed by atoms with E-state index >= 15 is 0 Å². The highest BCUT2D eigenvalue weighted by atomic mass is 16.5. The van der Waals surface area contributed by atoms with E-state index in [-0.39, 0.29) is 5.91 Å². The van der Waals surface area contributed by atoms with Crippen LogP contribution in [0.4, 0.5) is 5.69 Å². The van der Waals surface area contributed by atoms with Crippen molar-refractivity contribution in [2.45, 2.75) is 12.8 Å². The number of methoxy groups -OCH3 is 1. The van der Waals surface area contributed by atoms with E-state index in [4.69, 9.17) is 9.15 Å². The van der Waals surface area contributed by atoms with Gasteiger partial charge in [0.15, 0.2) is 6.39 Å². The molecule has 18 heavy (non-hydrogen) atoms. The molecule has 0 unspecified atom stereocenters. The fourth-order valence-electron chi connectivity index (χ4n) is 1.50. The summed E-state index contributed by atoms with van der Waals surface area (Å²) in [7, 11) is 1.60. The lowest BCUT2D eigenvalue weighted by Crippen LogP contribution is -2.12. The number of ether oxygens (including phenoxy) is 1. The molecule has 1 heterocycles. The second-order valence-electron chi connectivity index (χ2n) is 3.76. The number of hydrogen-bond donors (Lipinski definition) is 1. The molecule has 0 aliphatic rings. The number of anilines is 1. The van der Waals surface area contributed by atoms with Crippen LogP contribution in [0.25, 0.3) is 0 Å². The molecule has 5 nitrogen and oxygen atoms in total. The maximum atomic E-state index is 11.7. The van der Waals surface area contributed by atoms with Crippen LogP contribution in [0, 0.1) is 0 Å². The van der Waals surface area contributed by atoms with Gasteiger partial charge in [0.05, 0.1) is 12.8 Å². The van der Waals surface area contributed by atoms with Gasteiger partial charge in [-0.1, -0.05) is 0 Å². The SMILES string of the molecule is COc1ccc(NC(=O)CCc2cocn2)cc1. The van der Waals surface area contributed by atoms with E-state index in [0.717, 1.165) is 17.1 Å². The van der Waals surface area contributed by atoms with E-state index in [0.29, 0.717) is 12.8 Å². The lowest BCUT2D eigenvalue weighted by atomic mass is 10.2. The smallest absolute Gasteiger partial charge is 0.224 e. The second-order valence-corrected chi connectivity index (χ2v) is 3.76. The van der Waals surface area contributed by atoms with Crippen molar-refractivity contribution in [3.63, 3.8) is 0 Å². The van der Waals surface area contributed by atoms with Crippen molar-refractivity contribution in [1.82, 2.24) is 4.98 Å². The molecule has 0 bridgehead atoms. The highest BCUT2D eigenvalue weighted by Crippen LogP contribution is 2.15. The molecule has 5 heteroatoms. The van der Waals surface area contributed by atoms with Gasteiger partial charge in [-0.2, -0.15) is 0 Å². The largest absolute Gasteiger partial charge is 0.497 e. The molecule has 1 N–H and O–H groups in total. The molecule has 0 radical (unpaired) electrons. The maximum Gasteiger partial charge on any atom is 0.224 e. The summed E-state index contributed by atoms with van der Waals surface area (Å²) in [6, 6.07) is 7.19. The molecule has 94 valence electrons. The molecule has 1 amide bonds. The van der Waals surface area contributed by atoms with Gasteiger partial charge in [0.2, 0.25) is 5.91 Å². The van der Waals surface area contributed by atoms with Crippen molar-refractivity contribution < 1.29 is 13.9 Å². The van der Waals surface area contributed by atoms with E-state index in [9.17, 15) is 4.79 Å². The Morgan fingerprint density at radius 1 is 1.39 bits per heavy atom. The van der Waals surface area contributed by atoms with Crippen LogP contribution < -0.4 is 10.1 Å². The quantitative estimate of drug-likeness (QED) is 0.878. The van der Waals surface area contributed by atoms with Gasteiger partial charge < -0.3 is 14.5 Å². The summed E-state index contributed by atoms with van der Waals surface area (Å²) in [6.45, 7) is 0. The van der Waals surface area contributed by atoms with Gasteiger partial charge in [0.1, 0.15) is 12.0 Å². The van der Waals surface area contributed by atoms with E-state index in [2.05, 4.69) is 10.3 Å². The van der Waals surface area contributed by atoms with E-state index in [1.165, 1.54) is 6.39 Å². The van der Waals surface area contributed by atoms with Crippen LogP contribution in [-0.2, 0) is 11.2 Å². The predicted molar refractivity (Wildman–Crippen MR) is 66.4 cm³/mol. The fraction of sp³-hybridized carbons (Fsp3) is 0.231. The minimum absolute atomic E-state index is 0.0526. The third kappa shape index (κ3) is 3.35. The van der Waals surface area contributed by atoms with Gasteiger partial charge in [-0.3, -0.25) is 4.79 Å². The van der Waals surface area contributed by atoms with Gasteiger partial charge in [-0.15, -0.1) is 0 Å². The molecular weight excluding hydrogens is 232 g/mol. The number of carbonyl (C=O) groups excluding carboxylic acids is 1. The van der Waals surface area contributed by atoms with Crippen LogP contribution in [0.2, 0.25) is 0 Å². The fourth-order valence-corrected chi connectivity index (χ4v) is 1.50.